The number of non-ortho nitro benzene ring substituents is 2. The molecule has 0 unspecified atom stereocenters. The summed E-state index contributed by atoms with van der Waals surface area (Å²) in [6, 6.07) is 19.3. The summed E-state index contributed by atoms with van der Waals surface area (Å²) in [5.41, 5.74) is 2.26. The summed E-state index contributed by atoms with van der Waals surface area (Å²) in [7, 11) is 0. The summed E-state index contributed by atoms with van der Waals surface area (Å²) in [5, 5.41) is 31.1. The van der Waals surface area contributed by atoms with Gasteiger partial charge in [0, 0.05) is 24.3 Å². The highest BCUT2D eigenvalue weighted by molar-refractivity contribution is 9.10. The van der Waals surface area contributed by atoms with Crippen molar-refractivity contribution in [3.63, 3.8) is 0 Å². The Balaban J connectivity index is 1.76. The summed E-state index contributed by atoms with van der Waals surface area (Å²) >= 11 is 3.43. The molecule has 0 heterocycles. The van der Waals surface area contributed by atoms with E-state index in [1.165, 1.54) is 36.4 Å². The SMILES string of the molecule is N#C/C(=C/c1ccc(OCc2cccc([N+](=O)[O-])c2)c(Br)c1)c1ccc([N+](=O)[O-])cc1. The van der Waals surface area contributed by atoms with E-state index >= 15 is 0 Å². The Morgan fingerprint density at radius 3 is 2.32 bits per heavy atom. The maximum absolute atomic E-state index is 10.9. The molecule has 154 valence electrons. The van der Waals surface area contributed by atoms with Crippen molar-refractivity contribution >= 4 is 39.0 Å². The molecule has 0 fully saturated rings. The van der Waals surface area contributed by atoms with E-state index in [-0.39, 0.29) is 18.0 Å². The quantitative estimate of drug-likeness (QED) is 0.180. The van der Waals surface area contributed by atoms with E-state index in [0.29, 0.717) is 26.9 Å². The second kappa shape index (κ2) is 9.65. The Labute approximate surface area is 185 Å². The number of hydrogen-bond donors (Lipinski definition) is 0. The van der Waals surface area contributed by atoms with Crippen LogP contribution in [0.4, 0.5) is 11.4 Å². The molecule has 8 nitrogen and oxygen atoms in total. The summed E-state index contributed by atoms with van der Waals surface area (Å²) in [4.78, 5) is 20.7. The number of allylic oxidation sites excluding steroid dienone is 1. The molecule has 0 spiro atoms. The number of nitriles is 1. The van der Waals surface area contributed by atoms with E-state index < -0.39 is 9.85 Å². The Hall–Kier alpha value is -4.03. The van der Waals surface area contributed by atoms with E-state index in [9.17, 15) is 25.5 Å². The van der Waals surface area contributed by atoms with Crippen molar-refractivity contribution < 1.29 is 14.6 Å². The largest absolute Gasteiger partial charge is 0.488 e. The van der Waals surface area contributed by atoms with Crippen LogP contribution in [-0.2, 0) is 6.61 Å². The van der Waals surface area contributed by atoms with E-state index in [0.717, 1.165) is 5.56 Å². The molecule has 0 aliphatic rings. The molecule has 0 saturated carbocycles. The second-order valence-electron chi connectivity index (χ2n) is 6.38. The first-order chi connectivity index (χ1) is 14.9. The lowest BCUT2D eigenvalue weighted by molar-refractivity contribution is -0.385. The molecule has 0 aromatic heterocycles. The van der Waals surface area contributed by atoms with Gasteiger partial charge in [-0.2, -0.15) is 5.26 Å². The number of benzene rings is 3. The van der Waals surface area contributed by atoms with Crippen molar-refractivity contribution in [2.24, 2.45) is 0 Å². The number of nitrogens with zero attached hydrogens (tertiary/aromatic N) is 3. The minimum Gasteiger partial charge on any atom is -0.488 e. The molecule has 0 bridgehead atoms. The second-order valence-corrected chi connectivity index (χ2v) is 7.23. The molecule has 3 rings (SSSR count). The standard InChI is InChI=1S/C22H14BrN3O5/c23-21-12-15(10-18(13-24)17-5-7-19(8-6-17)25(27)28)4-9-22(21)31-14-16-2-1-3-20(11-16)26(29)30/h1-12H,14H2/b18-10-. The number of nitro benzene ring substituents is 2. The van der Waals surface area contributed by atoms with Gasteiger partial charge in [0.25, 0.3) is 11.4 Å². The van der Waals surface area contributed by atoms with Gasteiger partial charge in [0.05, 0.1) is 26.0 Å². The van der Waals surface area contributed by atoms with Crippen molar-refractivity contribution in [2.75, 3.05) is 0 Å². The average Bonchev–Trinajstić information content (AvgIpc) is 2.77. The number of rotatable bonds is 7. The number of nitro groups is 2. The van der Waals surface area contributed by atoms with Crippen LogP contribution in [0.3, 0.4) is 0 Å². The molecule has 9 heteroatoms. The van der Waals surface area contributed by atoms with Crippen LogP contribution in [0.5, 0.6) is 5.75 Å². The Bertz CT molecular complexity index is 1220. The van der Waals surface area contributed by atoms with Gasteiger partial charge in [-0.05, 0) is 63.0 Å². The lowest BCUT2D eigenvalue weighted by Crippen LogP contribution is -1.97. The zero-order valence-corrected chi connectivity index (χ0v) is 17.5. The third kappa shape index (κ3) is 5.52. The molecule has 0 aliphatic heterocycles. The van der Waals surface area contributed by atoms with Gasteiger partial charge >= 0.3 is 0 Å². The van der Waals surface area contributed by atoms with Crippen LogP contribution in [0.2, 0.25) is 0 Å². The minimum atomic E-state index is -0.497. The lowest BCUT2D eigenvalue weighted by atomic mass is 10.0. The molecule has 0 radical (unpaired) electrons. The predicted molar refractivity (Wildman–Crippen MR) is 118 cm³/mol. The molecule has 0 N–H and O–H groups in total. The first-order valence-corrected chi connectivity index (χ1v) is 9.69. The monoisotopic (exact) mass is 479 g/mol. The molecule has 0 saturated heterocycles. The molecule has 31 heavy (non-hydrogen) atoms. The van der Waals surface area contributed by atoms with Crippen LogP contribution in [0, 0.1) is 31.6 Å². The highest BCUT2D eigenvalue weighted by atomic mass is 79.9. The van der Waals surface area contributed by atoms with Crippen molar-refractivity contribution in [2.45, 2.75) is 6.61 Å². The lowest BCUT2D eigenvalue weighted by Gasteiger charge is -2.09. The van der Waals surface area contributed by atoms with E-state index in [2.05, 4.69) is 22.0 Å². The normalized spacial score (nSPS) is 10.9. The van der Waals surface area contributed by atoms with E-state index in [1.807, 2.05) is 0 Å². The van der Waals surface area contributed by atoms with Gasteiger partial charge in [-0.25, -0.2) is 0 Å². The molecule has 3 aromatic carbocycles. The fourth-order valence-corrected chi connectivity index (χ4v) is 3.27. The fourth-order valence-electron chi connectivity index (χ4n) is 2.75. The predicted octanol–water partition coefficient (Wildman–Crippen LogP) is 5.91. The zero-order chi connectivity index (χ0) is 22.4. The van der Waals surface area contributed by atoms with Gasteiger partial charge in [0.1, 0.15) is 12.4 Å². The van der Waals surface area contributed by atoms with Crippen molar-refractivity contribution in [1.29, 1.82) is 5.26 Å². The molecular formula is C22H14BrN3O5. The van der Waals surface area contributed by atoms with Gasteiger partial charge in [0.15, 0.2) is 0 Å². The highest BCUT2D eigenvalue weighted by Crippen LogP contribution is 2.29. The topological polar surface area (TPSA) is 119 Å². The van der Waals surface area contributed by atoms with Crippen molar-refractivity contribution in [1.82, 2.24) is 0 Å². The van der Waals surface area contributed by atoms with Crippen LogP contribution >= 0.6 is 15.9 Å². The zero-order valence-electron chi connectivity index (χ0n) is 15.9. The third-order valence-corrected chi connectivity index (χ3v) is 4.91. The average molecular weight is 480 g/mol. The summed E-state index contributed by atoms with van der Waals surface area (Å²) in [5.74, 6) is 0.539. The van der Waals surface area contributed by atoms with Gasteiger partial charge in [-0.15, -0.1) is 0 Å². The van der Waals surface area contributed by atoms with Crippen LogP contribution in [0.15, 0.2) is 71.2 Å². The maximum atomic E-state index is 10.9. The number of hydrogen-bond acceptors (Lipinski definition) is 6. The highest BCUT2D eigenvalue weighted by Gasteiger charge is 2.09. The maximum Gasteiger partial charge on any atom is 0.269 e. The van der Waals surface area contributed by atoms with Crippen LogP contribution in [-0.4, -0.2) is 9.85 Å². The van der Waals surface area contributed by atoms with Crippen molar-refractivity contribution in [3.8, 4) is 11.8 Å². The molecule has 3 aromatic rings. The van der Waals surface area contributed by atoms with E-state index in [1.54, 1.807) is 36.4 Å². The Morgan fingerprint density at radius 2 is 1.71 bits per heavy atom. The van der Waals surface area contributed by atoms with Gasteiger partial charge < -0.3 is 4.74 Å². The first kappa shape index (κ1) is 21.7. The summed E-state index contributed by atoms with van der Waals surface area (Å²) in [6.45, 7) is 0.154. The summed E-state index contributed by atoms with van der Waals surface area (Å²) < 4.78 is 6.39. The number of ether oxygens (including phenoxy) is 1. The van der Waals surface area contributed by atoms with Gasteiger partial charge in [-0.1, -0.05) is 18.2 Å². The molecule has 0 amide bonds. The molecule has 0 atom stereocenters. The van der Waals surface area contributed by atoms with Crippen molar-refractivity contribution in [3.05, 3.63) is 108 Å². The van der Waals surface area contributed by atoms with Gasteiger partial charge in [0.2, 0.25) is 0 Å². The van der Waals surface area contributed by atoms with Gasteiger partial charge in [-0.3, -0.25) is 20.2 Å². The first-order valence-electron chi connectivity index (χ1n) is 8.89. The molecular weight excluding hydrogens is 466 g/mol. The fraction of sp³-hybridized carbons (Fsp3) is 0.0455. The number of halogens is 1. The molecule has 0 aliphatic carbocycles. The third-order valence-electron chi connectivity index (χ3n) is 4.29. The van der Waals surface area contributed by atoms with Crippen LogP contribution in [0.1, 0.15) is 16.7 Å². The Morgan fingerprint density at radius 1 is 1.00 bits per heavy atom. The van der Waals surface area contributed by atoms with Crippen LogP contribution < -0.4 is 4.74 Å². The summed E-state index contributed by atoms with van der Waals surface area (Å²) in [6.07, 6.45) is 1.66. The minimum absolute atomic E-state index is 0.00377. The van der Waals surface area contributed by atoms with Crippen LogP contribution in [0.25, 0.3) is 11.6 Å². The van der Waals surface area contributed by atoms with E-state index in [4.69, 9.17) is 4.74 Å². The Kier molecular flexibility index (Phi) is 6.74. The smallest absolute Gasteiger partial charge is 0.269 e.